The van der Waals surface area contributed by atoms with Gasteiger partial charge in [-0.2, -0.15) is 0 Å². The van der Waals surface area contributed by atoms with E-state index in [-0.39, 0.29) is 12.7 Å². The van der Waals surface area contributed by atoms with Crippen LogP contribution in [0, 0.1) is 0 Å². The van der Waals surface area contributed by atoms with Gasteiger partial charge in [0.2, 0.25) is 6.79 Å². The van der Waals surface area contributed by atoms with E-state index in [0.29, 0.717) is 43.2 Å². The highest BCUT2D eigenvalue weighted by Crippen LogP contribution is 2.32. The third-order valence-corrected chi connectivity index (χ3v) is 7.04. The van der Waals surface area contributed by atoms with Gasteiger partial charge in [0.15, 0.2) is 16.7 Å². The molecule has 8 nitrogen and oxygen atoms in total. The van der Waals surface area contributed by atoms with Gasteiger partial charge in [0.05, 0.1) is 6.61 Å². The van der Waals surface area contributed by atoms with Crippen molar-refractivity contribution >= 4 is 17.7 Å². The number of benzene rings is 3. The number of carbonyl (C=O) groups is 1. The number of rotatable bonds is 11. The maximum atomic E-state index is 13.1. The van der Waals surface area contributed by atoms with Crippen molar-refractivity contribution in [2.24, 2.45) is 0 Å². The van der Waals surface area contributed by atoms with Gasteiger partial charge >= 0.3 is 0 Å². The molecule has 0 spiro atoms. The highest BCUT2D eigenvalue weighted by Gasteiger charge is 2.17. The molecule has 0 unspecified atom stereocenters. The number of amides is 1. The zero-order valence-electron chi connectivity index (χ0n) is 20.6. The lowest BCUT2D eigenvalue weighted by Gasteiger charge is -2.12. The Hall–Kier alpha value is -3.82. The Morgan fingerprint density at radius 3 is 2.68 bits per heavy atom. The third kappa shape index (κ3) is 6.12. The minimum absolute atomic E-state index is 0.125. The van der Waals surface area contributed by atoms with Gasteiger partial charge in [-0.3, -0.25) is 4.79 Å². The topological polar surface area (TPSA) is 87.5 Å². The van der Waals surface area contributed by atoms with Crippen LogP contribution in [0.2, 0.25) is 0 Å². The smallest absolute Gasteiger partial charge is 0.251 e. The molecule has 0 fully saturated rings. The number of methoxy groups -OCH3 is 1. The lowest BCUT2D eigenvalue weighted by Crippen LogP contribution is -2.23. The Kier molecular flexibility index (Phi) is 8.02. The van der Waals surface area contributed by atoms with E-state index in [2.05, 4.69) is 32.2 Å². The van der Waals surface area contributed by atoms with E-state index in [1.165, 1.54) is 5.56 Å². The fourth-order valence-electron chi connectivity index (χ4n) is 4.08. The fourth-order valence-corrected chi connectivity index (χ4v) is 5.07. The van der Waals surface area contributed by atoms with Crippen molar-refractivity contribution in [2.75, 3.05) is 20.5 Å². The minimum Gasteiger partial charge on any atom is -0.454 e. The van der Waals surface area contributed by atoms with Crippen molar-refractivity contribution in [3.63, 3.8) is 0 Å². The second-order valence-corrected chi connectivity index (χ2v) is 9.46. The maximum absolute atomic E-state index is 13.1. The Morgan fingerprint density at radius 1 is 1.00 bits per heavy atom. The van der Waals surface area contributed by atoms with Gasteiger partial charge < -0.3 is 24.1 Å². The Labute approximate surface area is 220 Å². The van der Waals surface area contributed by atoms with Crippen molar-refractivity contribution in [2.45, 2.75) is 30.4 Å². The highest BCUT2D eigenvalue weighted by atomic mass is 32.2. The van der Waals surface area contributed by atoms with E-state index in [1.54, 1.807) is 18.9 Å². The molecule has 0 saturated heterocycles. The van der Waals surface area contributed by atoms with Crippen LogP contribution in [0.1, 0.15) is 32.9 Å². The normalized spacial score (nSPS) is 12.0. The number of hydrogen-bond donors (Lipinski definition) is 1. The summed E-state index contributed by atoms with van der Waals surface area (Å²) in [6, 6.07) is 23.5. The predicted molar refractivity (Wildman–Crippen MR) is 141 cm³/mol. The second-order valence-electron chi connectivity index (χ2n) is 8.52. The summed E-state index contributed by atoms with van der Waals surface area (Å²) in [5, 5.41) is 12.7. The van der Waals surface area contributed by atoms with Crippen LogP contribution in [0.3, 0.4) is 0 Å². The van der Waals surface area contributed by atoms with E-state index in [0.717, 1.165) is 27.9 Å². The molecule has 4 aromatic rings. The lowest BCUT2D eigenvalue weighted by molar-refractivity contribution is 0.0950. The average Bonchev–Trinajstić information content (AvgIpc) is 3.56. The number of nitrogens with one attached hydrogen (secondary N) is 1. The summed E-state index contributed by atoms with van der Waals surface area (Å²) in [6.07, 6.45) is 0.691. The number of carbonyl (C=O) groups excluding carboxylic acids is 1. The van der Waals surface area contributed by atoms with Gasteiger partial charge in [0.1, 0.15) is 5.82 Å². The van der Waals surface area contributed by atoms with Crippen LogP contribution >= 0.6 is 11.8 Å². The molecule has 0 saturated carbocycles. The largest absolute Gasteiger partial charge is 0.454 e. The van der Waals surface area contributed by atoms with Gasteiger partial charge in [-0.05, 0) is 34.9 Å². The van der Waals surface area contributed by atoms with Gasteiger partial charge in [0, 0.05) is 37.9 Å². The molecular weight excluding hydrogens is 488 g/mol. The number of ether oxygens (including phenoxy) is 3. The first-order valence-corrected chi connectivity index (χ1v) is 13.0. The summed E-state index contributed by atoms with van der Waals surface area (Å²) in [7, 11) is 1.69. The summed E-state index contributed by atoms with van der Waals surface area (Å²) in [5.74, 6) is 2.78. The van der Waals surface area contributed by atoms with Crippen molar-refractivity contribution < 1.29 is 19.0 Å². The van der Waals surface area contributed by atoms with E-state index in [1.807, 2.05) is 60.7 Å². The number of aromatic nitrogens is 3. The quantitative estimate of drug-likeness (QED) is 0.294. The monoisotopic (exact) mass is 516 g/mol. The SMILES string of the molecule is COCCn1c(Cc2ccccc2)nnc1SCc1ccccc1C(=O)NCc1ccc2c(c1)OCO2. The molecule has 37 heavy (non-hydrogen) atoms. The zero-order valence-corrected chi connectivity index (χ0v) is 21.4. The molecule has 1 amide bonds. The first-order valence-electron chi connectivity index (χ1n) is 12.0. The number of nitrogens with zero attached hydrogens (tertiary/aromatic N) is 3. The number of hydrogen-bond acceptors (Lipinski definition) is 7. The summed E-state index contributed by atoms with van der Waals surface area (Å²) in [5.41, 5.74) is 3.70. The lowest BCUT2D eigenvalue weighted by atomic mass is 10.1. The Balaban J connectivity index is 1.26. The van der Waals surface area contributed by atoms with Crippen molar-refractivity contribution in [1.29, 1.82) is 0 Å². The molecule has 0 radical (unpaired) electrons. The summed E-state index contributed by atoms with van der Waals surface area (Å²) >= 11 is 1.56. The van der Waals surface area contributed by atoms with Crippen LogP contribution in [0.5, 0.6) is 11.5 Å². The number of thioether (sulfide) groups is 1. The molecule has 1 aliphatic rings. The highest BCUT2D eigenvalue weighted by molar-refractivity contribution is 7.98. The van der Waals surface area contributed by atoms with Crippen LogP contribution in [0.25, 0.3) is 0 Å². The molecule has 9 heteroatoms. The van der Waals surface area contributed by atoms with Crippen LogP contribution in [0.15, 0.2) is 78.0 Å². The second kappa shape index (κ2) is 11.9. The molecule has 0 bridgehead atoms. The fraction of sp³-hybridized carbons (Fsp3) is 0.250. The molecule has 1 aromatic heterocycles. The van der Waals surface area contributed by atoms with Gasteiger partial charge in [-0.1, -0.05) is 66.4 Å². The molecule has 1 N–H and O–H groups in total. The summed E-state index contributed by atoms with van der Waals surface area (Å²) in [4.78, 5) is 13.1. The van der Waals surface area contributed by atoms with Crippen molar-refractivity contribution in [3.8, 4) is 11.5 Å². The predicted octanol–water partition coefficient (Wildman–Crippen LogP) is 4.47. The maximum Gasteiger partial charge on any atom is 0.251 e. The molecule has 190 valence electrons. The number of fused-ring (bicyclic) bond motifs is 1. The van der Waals surface area contributed by atoms with Gasteiger partial charge in [-0.15, -0.1) is 10.2 Å². The first-order chi connectivity index (χ1) is 18.2. The minimum atomic E-state index is -0.125. The van der Waals surface area contributed by atoms with E-state index >= 15 is 0 Å². The third-order valence-electron chi connectivity index (χ3n) is 6.03. The standard InChI is InChI=1S/C28H28N4O4S/c1-34-14-13-32-26(16-20-7-3-2-4-8-20)30-31-28(32)37-18-22-9-5-6-10-23(22)27(33)29-17-21-11-12-24-25(15-21)36-19-35-24/h2-12,15H,13-14,16-19H2,1H3,(H,29,33). The molecule has 5 rings (SSSR count). The zero-order chi connectivity index (χ0) is 25.5. The molecule has 0 atom stereocenters. The van der Waals surface area contributed by atoms with E-state index in [9.17, 15) is 4.79 Å². The molecule has 2 heterocycles. The first kappa shape index (κ1) is 24.9. The molecular formula is C28H28N4O4S. The summed E-state index contributed by atoms with van der Waals surface area (Å²) in [6.45, 7) is 1.84. The van der Waals surface area contributed by atoms with Crippen molar-refractivity contribution in [3.05, 3.63) is 101 Å². The van der Waals surface area contributed by atoms with Gasteiger partial charge in [0.25, 0.3) is 5.91 Å². The molecule has 0 aliphatic carbocycles. The van der Waals surface area contributed by atoms with Gasteiger partial charge in [-0.25, -0.2) is 0 Å². The Bertz CT molecular complexity index is 1360. The van der Waals surface area contributed by atoms with Crippen LogP contribution in [-0.2, 0) is 30.0 Å². The van der Waals surface area contributed by atoms with E-state index in [4.69, 9.17) is 14.2 Å². The van der Waals surface area contributed by atoms with Crippen LogP contribution in [0.4, 0.5) is 0 Å². The molecule has 3 aromatic carbocycles. The van der Waals surface area contributed by atoms with E-state index < -0.39 is 0 Å². The average molecular weight is 517 g/mol. The molecule has 1 aliphatic heterocycles. The van der Waals surface area contributed by atoms with Crippen molar-refractivity contribution in [1.82, 2.24) is 20.1 Å². The Morgan fingerprint density at radius 2 is 1.81 bits per heavy atom. The van der Waals surface area contributed by atoms with Crippen LogP contribution < -0.4 is 14.8 Å². The van der Waals surface area contributed by atoms with Crippen LogP contribution in [-0.4, -0.2) is 41.2 Å². The summed E-state index contributed by atoms with van der Waals surface area (Å²) < 4.78 is 18.2.